The lowest BCUT2D eigenvalue weighted by Crippen LogP contribution is -2.27. The lowest BCUT2D eigenvalue weighted by molar-refractivity contribution is 0.342. The maximum Gasteiger partial charge on any atom is 0.0645 e. The predicted octanol–water partition coefficient (Wildman–Crippen LogP) is 12.0. The first-order valence-electron chi connectivity index (χ1n) is 16.8. The van der Waals surface area contributed by atoms with Gasteiger partial charge in [-0.3, -0.25) is 9.97 Å². The van der Waals surface area contributed by atoms with Gasteiger partial charge in [-0.25, -0.2) is 0 Å². The van der Waals surface area contributed by atoms with Crippen LogP contribution in [0.25, 0.3) is 0 Å². The Bertz CT molecular complexity index is 623. The van der Waals surface area contributed by atoms with Gasteiger partial charge in [0.15, 0.2) is 0 Å². The molecule has 1 atom stereocenters. The van der Waals surface area contributed by atoms with Crippen molar-refractivity contribution >= 4 is 0 Å². The van der Waals surface area contributed by atoms with Gasteiger partial charge in [-0.05, 0) is 25.7 Å². The second-order valence-corrected chi connectivity index (χ2v) is 12.7. The first kappa shape index (κ1) is 34.1. The van der Waals surface area contributed by atoms with Crippen LogP contribution in [0.3, 0.4) is 0 Å². The highest BCUT2D eigenvalue weighted by molar-refractivity contribution is 5.18. The van der Waals surface area contributed by atoms with Crippen molar-refractivity contribution in [3.05, 3.63) is 23.8 Å². The molecule has 0 spiro atoms. The Morgan fingerprint density at radius 3 is 0.892 bits per heavy atom. The third-order valence-corrected chi connectivity index (χ3v) is 8.97. The van der Waals surface area contributed by atoms with Crippen molar-refractivity contribution in [3.8, 4) is 0 Å². The summed E-state index contributed by atoms with van der Waals surface area (Å²) in [6.07, 6.45) is 35.0. The summed E-state index contributed by atoms with van der Waals surface area (Å²) in [4.78, 5) is 10.4. The summed E-state index contributed by atoms with van der Waals surface area (Å²) in [5.74, 6) is 0. The second-order valence-electron chi connectivity index (χ2n) is 12.7. The number of nitrogens with zero attached hydrogens (tertiary/aromatic N) is 2. The standard InChI is InChI=1S/C35H66N2/c1-7-11-15-19-23-27-34(5,26-22-18-14-10-4)32-30-37-33(31-36-32)35(6,28-24-20-16-12-8-2)29-25-21-17-13-9-3/h30-31H,7-29H2,1-6H3. The Balaban J connectivity index is 2.95. The summed E-state index contributed by atoms with van der Waals surface area (Å²) < 4.78 is 0. The van der Waals surface area contributed by atoms with E-state index in [1.807, 2.05) is 0 Å². The van der Waals surface area contributed by atoms with E-state index < -0.39 is 0 Å². The molecule has 1 rings (SSSR count). The molecule has 0 radical (unpaired) electrons. The molecule has 216 valence electrons. The van der Waals surface area contributed by atoms with E-state index >= 15 is 0 Å². The van der Waals surface area contributed by atoms with Gasteiger partial charge in [0.1, 0.15) is 0 Å². The Morgan fingerprint density at radius 2 is 0.649 bits per heavy atom. The van der Waals surface area contributed by atoms with E-state index in [9.17, 15) is 0 Å². The second kappa shape index (κ2) is 21.0. The van der Waals surface area contributed by atoms with Crippen LogP contribution in [0.15, 0.2) is 12.4 Å². The molecule has 0 amide bonds. The highest BCUT2D eigenvalue weighted by Gasteiger charge is 2.31. The Morgan fingerprint density at radius 1 is 0.405 bits per heavy atom. The highest BCUT2D eigenvalue weighted by atomic mass is 14.8. The molecule has 1 aromatic heterocycles. The minimum Gasteiger partial charge on any atom is -0.257 e. The van der Waals surface area contributed by atoms with Crippen molar-refractivity contribution in [3.63, 3.8) is 0 Å². The number of rotatable bonds is 25. The molecule has 0 aromatic carbocycles. The van der Waals surface area contributed by atoms with Gasteiger partial charge in [-0.2, -0.15) is 0 Å². The quantitative estimate of drug-likeness (QED) is 0.121. The average molecular weight is 515 g/mol. The molecule has 0 aliphatic carbocycles. The summed E-state index contributed by atoms with van der Waals surface area (Å²) in [7, 11) is 0. The fourth-order valence-corrected chi connectivity index (χ4v) is 6.01. The van der Waals surface area contributed by atoms with Gasteiger partial charge in [-0.15, -0.1) is 0 Å². The normalized spacial score (nSPS) is 13.7. The van der Waals surface area contributed by atoms with Crippen LogP contribution in [0, 0.1) is 0 Å². The Hall–Kier alpha value is -0.920. The monoisotopic (exact) mass is 515 g/mol. The van der Waals surface area contributed by atoms with Crippen molar-refractivity contribution in [2.45, 2.75) is 200 Å². The summed E-state index contributed by atoms with van der Waals surface area (Å²) >= 11 is 0. The minimum absolute atomic E-state index is 0.168. The van der Waals surface area contributed by atoms with Crippen LogP contribution in [0.4, 0.5) is 0 Å². The third-order valence-electron chi connectivity index (χ3n) is 8.97. The lowest BCUT2D eigenvalue weighted by atomic mass is 9.75. The van der Waals surface area contributed by atoms with Gasteiger partial charge in [0.2, 0.25) is 0 Å². The van der Waals surface area contributed by atoms with Crippen LogP contribution in [-0.4, -0.2) is 9.97 Å². The molecular formula is C35H66N2. The third kappa shape index (κ3) is 14.2. The van der Waals surface area contributed by atoms with Crippen LogP contribution in [0.5, 0.6) is 0 Å². The Labute approximate surface area is 233 Å². The molecule has 1 aromatic rings. The molecule has 0 saturated heterocycles. The van der Waals surface area contributed by atoms with Gasteiger partial charge in [0.25, 0.3) is 0 Å². The predicted molar refractivity (Wildman–Crippen MR) is 166 cm³/mol. The van der Waals surface area contributed by atoms with Crippen molar-refractivity contribution in [2.24, 2.45) is 0 Å². The van der Waals surface area contributed by atoms with Crippen LogP contribution in [-0.2, 0) is 10.8 Å². The fourth-order valence-electron chi connectivity index (χ4n) is 6.01. The van der Waals surface area contributed by atoms with Crippen LogP contribution in [0.2, 0.25) is 0 Å². The van der Waals surface area contributed by atoms with E-state index in [0.717, 1.165) is 0 Å². The van der Waals surface area contributed by atoms with Crippen molar-refractivity contribution in [1.29, 1.82) is 0 Å². The first-order valence-corrected chi connectivity index (χ1v) is 16.8. The smallest absolute Gasteiger partial charge is 0.0645 e. The van der Waals surface area contributed by atoms with Crippen LogP contribution < -0.4 is 0 Å². The summed E-state index contributed by atoms with van der Waals surface area (Å²) in [6.45, 7) is 14.2. The summed E-state index contributed by atoms with van der Waals surface area (Å²) in [5, 5.41) is 0. The molecule has 1 heterocycles. The highest BCUT2D eigenvalue weighted by Crippen LogP contribution is 2.37. The van der Waals surface area contributed by atoms with Crippen molar-refractivity contribution in [2.75, 3.05) is 0 Å². The zero-order valence-corrected chi connectivity index (χ0v) is 26.3. The average Bonchev–Trinajstić information content (AvgIpc) is 2.91. The maximum atomic E-state index is 5.19. The van der Waals surface area contributed by atoms with Gasteiger partial charge < -0.3 is 0 Å². The van der Waals surface area contributed by atoms with Crippen LogP contribution in [0.1, 0.15) is 201 Å². The van der Waals surface area contributed by atoms with Gasteiger partial charge >= 0.3 is 0 Å². The molecule has 0 aliphatic heterocycles. The van der Waals surface area contributed by atoms with Gasteiger partial charge in [0, 0.05) is 23.2 Å². The number of unbranched alkanes of at least 4 members (excludes halogenated alkanes) is 15. The minimum atomic E-state index is 0.168. The largest absolute Gasteiger partial charge is 0.257 e. The molecule has 1 unspecified atom stereocenters. The summed E-state index contributed by atoms with van der Waals surface area (Å²) in [5.41, 5.74) is 2.83. The molecule has 2 heteroatoms. The van der Waals surface area contributed by atoms with Crippen LogP contribution >= 0.6 is 0 Å². The number of hydrogen-bond donors (Lipinski definition) is 0. The van der Waals surface area contributed by atoms with E-state index in [1.165, 1.54) is 159 Å². The molecule has 0 fully saturated rings. The molecule has 0 aliphatic rings. The molecule has 0 N–H and O–H groups in total. The topological polar surface area (TPSA) is 25.8 Å². The van der Waals surface area contributed by atoms with E-state index in [4.69, 9.17) is 9.97 Å². The zero-order chi connectivity index (χ0) is 27.2. The summed E-state index contributed by atoms with van der Waals surface area (Å²) in [6, 6.07) is 0. The van der Waals surface area contributed by atoms with E-state index in [-0.39, 0.29) is 10.8 Å². The van der Waals surface area contributed by atoms with E-state index in [2.05, 4.69) is 53.9 Å². The first-order chi connectivity index (χ1) is 18.0. The van der Waals surface area contributed by atoms with Crippen molar-refractivity contribution < 1.29 is 0 Å². The van der Waals surface area contributed by atoms with E-state index in [0.29, 0.717) is 0 Å². The molecule has 37 heavy (non-hydrogen) atoms. The van der Waals surface area contributed by atoms with Gasteiger partial charge in [-0.1, -0.05) is 164 Å². The number of aromatic nitrogens is 2. The Kier molecular flexibility index (Phi) is 19.3. The van der Waals surface area contributed by atoms with Crippen molar-refractivity contribution in [1.82, 2.24) is 9.97 Å². The molecular weight excluding hydrogens is 448 g/mol. The van der Waals surface area contributed by atoms with E-state index in [1.54, 1.807) is 0 Å². The zero-order valence-electron chi connectivity index (χ0n) is 26.3. The number of hydrogen-bond acceptors (Lipinski definition) is 2. The fraction of sp³-hybridized carbons (Fsp3) is 0.886. The SMILES string of the molecule is CCCCCCCC(C)(CCCCCC)c1cnc(C(C)(CCCCCCC)CCCCCCC)cn1. The van der Waals surface area contributed by atoms with Gasteiger partial charge in [0.05, 0.1) is 11.4 Å². The maximum absolute atomic E-state index is 5.19. The lowest BCUT2D eigenvalue weighted by Gasteiger charge is -2.32. The molecule has 2 nitrogen and oxygen atoms in total. The molecule has 0 saturated carbocycles. The molecule has 0 bridgehead atoms.